The Morgan fingerprint density at radius 2 is 2.00 bits per heavy atom. The average Bonchev–Trinajstić information content (AvgIpc) is 2.73. The summed E-state index contributed by atoms with van der Waals surface area (Å²) in [5, 5.41) is 22.6. The van der Waals surface area contributed by atoms with Gasteiger partial charge in [-0.05, 0) is 55.7 Å². The van der Waals surface area contributed by atoms with E-state index in [1.807, 2.05) is 25.1 Å². The van der Waals surface area contributed by atoms with Gasteiger partial charge in [0.25, 0.3) is 5.91 Å². The van der Waals surface area contributed by atoms with Crippen molar-refractivity contribution in [1.29, 1.82) is 0 Å². The number of carbonyl (C=O) groups excluding carboxylic acids is 1. The number of anilines is 2. The summed E-state index contributed by atoms with van der Waals surface area (Å²) in [4.78, 5) is 23.5. The number of nitrogens with zero attached hydrogens (tertiary/aromatic N) is 3. The summed E-state index contributed by atoms with van der Waals surface area (Å²) in [5.74, 6) is -0.0512. The third-order valence-electron chi connectivity index (χ3n) is 5.22. The van der Waals surface area contributed by atoms with Crippen molar-refractivity contribution in [2.45, 2.75) is 25.8 Å². The number of aromatic nitrogens is 2. The van der Waals surface area contributed by atoms with Gasteiger partial charge in [-0.1, -0.05) is 6.07 Å². The first-order chi connectivity index (χ1) is 14.0. The Hall–Kier alpha value is -3.61. The topological polar surface area (TPSA) is 98.6 Å². The third kappa shape index (κ3) is 3.47. The highest BCUT2D eigenvalue weighted by Crippen LogP contribution is 2.36. The average molecular weight is 390 g/mol. The Morgan fingerprint density at radius 3 is 2.76 bits per heavy atom. The number of aryl methyl sites for hydroxylation is 1. The van der Waals surface area contributed by atoms with Gasteiger partial charge < -0.3 is 20.4 Å². The van der Waals surface area contributed by atoms with E-state index < -0.39 is 0 Å². The summed E-state index contributed by atoms with van der Waals surface area (Å²) in [5.41, 5.74) is 3.81. The molecule has 0 saturated carbocycles. The molecule has 0 unspecified atom stereocenters. The SMILES string of the molecule is CNc1nccc(-c2ccc3c(c2)CC[C@H](C)N3C(=O)c2ccc(O)cc2O)n1. The van der Waals surface area contributed by atoms with E-state index in [0.29, 0.717) is 5.95 Å². The minimum absolute atomic E-state index is 0.0102. The molecule has 1 aromatic heterocycles. The Labute approximate surface area is 168 Å². The van der Waals surface area contributed by atoms with Gasteiger partial charge in [0.05, 0.1) is 11.3 Å². The molecule has 7 nitrogen and oxygen atoms in total. The predicted octanol–water partition coefficient (Wildman–Crippen LogP) is 3.58. The van der Waals surface area contributed by atoms with E-state index in [-0.39, 0.29) is 29.0 Å². The summed E-state index contributed by atoms with van der Waals surface area (Å²) in [6.45, 7) is 2.00. The summed E-state index contributed by atoms with van der Waals surface area (Å²) < 4.78 is 0. The number of benzene rings is 2. The second kappa shape index (κ2) is 7.43. The van der Waals surface area contributed by atoms with Gasteiger partial charge >= 0.3 is 0 Å². The lowest BCUT2D eigenvalue weighted by atomic mass is 9.93. The van der Waals surface area contributed by atoms with Gasteiger partial charge in [0, 0.05) is 36.6 Å². The van der Waals surface area contributed by atoms with Crippen molar-refractivity contribution in [3.63, 3.8) is 0 Å². The summed E-state index contributed by atoms with van der Waals surface area (Å²) in [6.07, 6.45) is 3.37. The highest BCUT2D eigenvalue weighted by molar-refractivity contribution is 6.09. The molecule has 3 N–H and O–H groups in total. The molecule has 0 radical (unpaired) electrons. The lowest BCUT2D eigenvalue weighted by molar-refractivity contribution is 0.0972. The van der Waals surface area contributed by atoms with Crippen molar-refractivity contribution in [3.05, 3.63) is 59.8 Å². The smallest absolute Gasteiger partial charge is 0.262 e. The second-order valence-corrected chi connectivity index (χ2v) is 7.12. The minimum atomic E-state index is -0.289. The predicted molar refractivity (Wildman–Crippen MR) is 111 cm³/mol. The van der Waals surface area contributed by atoms with E-state index in [0.717, 1.165) is 35.3 Å². The van der Waals surface area contributed by atoms with Crippen molar-refractivity contribution in [1.82, 2.24) is 9.97 Å². The molecule has 1 amide bonds. The lowest BCUT2D eigenvalue weighted by Crippen LogP contribution is -2.42. The number of nitrogens with one attached hydrogen (secondary N) is 1. The normalized spacial score (nSPS) is 15.7. The first kappa shape index (κ1) is 18.7. The molecule has 2 aromatic carbocycles. The molecular weight excluding hydrogens is 368 g/mol. The van der Waals surface area contributed by atoms with Crippen molar-refractivity contribution in [2.24, 2.45) is 0 Å². The van der Waals surface area contributed by atoms with Crippen LogP contribution in [0.15, 0.2) is 48.7 Å². The lowest BCUT2D eigenvalue weighted by Gasteiger charge is -2.35. The van der Waals surface area contributed by atoms with E-state index in [2.05, 4.69) is 21.4 Å². The molecule has 0 fully saturated rings. The molecule has 2 heterocycles. The molecule has 0 bridgehead atoms. The number of phenols is 2. The molecule has 7 heteroatoms. The summed E-state index contributed by atoms with van der Waals surface area (Å²) >= 11 is 0. The molecule has 0 saturated heterocycles. The van der Waals surface area contributed by atoms with Crippen LogP contribution >= 0.6 is 0 Å². The third-order valence-corrected chi connectivity index (χ3v) is 5.22. The van der Waals surface area contributed by atoms with Crippen LogP contribution in [0.3, 0.4) is 0 Å². The molecule has 1 aliphatic rings. The number of carbonyl (C=O) groups is 1. The van der Waals surface area contributed by atoms with Crippen LogP contribution in [-0.4, -0.2) is 39.2 Å². The molecule has 3 aromatic rings. The number of phenolic OH excluding ortho intramolecular Hbond substituents is 2. The Morgan fingerprint density at radius 1 is 1.17 bits per heavy atom. The fourth-order valence-electron chi connectivity index (χ4n) is 3.69. The van der Waals surface area contributed by atoms with Gasteiger partial charge in [0.2, 0.25) is 5.95 Å². The number of rotatable bonds is 3. The summed E-state index contributed by atoms with van der Waals surface area (Å²) in [6, 6.07) is 11.8. The van der Waals surface area contributed by atoms with Gasteiger partial charge in [0.1, 0.15) is 11.5 Å². The van der Waals surface area contributed by atoms with Crippen LogP contribution in [0.1, 0.15) is 29.3 Å². The van der Waals surface area contributed by atoms with Crippen LogP contribution in [-0.2, 0) is 6.42 Å². The molecule has 1 atom stereocenters. The monoisotopic (exact) mass is 390 g/mol. The van der Waals surface area contributed by atoms with Crippen LogP contribution < -0.4 is 10.2 Å². The van der Waals surface area contributed by atoms with E-state index in [1.165, 1.54) is 18.2 Å². The minimum Gasteiger partial charge on any atom is -0.508 e. The van der Waals surface area contributed by atoms with Gasteiger partial charge in [0.15, 0.2) is 0 Å². The van der Waals surface area contributed by atoms with Crippen LogP contribution in [0.25, 0.3) is 11.3 Å². The Kier molecular flexibility index (Phi) is 4.80. The maximum atomic E-state index is 13.2. The fraction of sp³-hybridized carbons (Fsp3) is 0.227. The van der Waals surface area contributed by atoms with Gasteiger partial charge in [-0.3, -0.25) is 4.79 Å². The van der Waals surface area contributed by atoms with E-state index in [1.54, 1.807) is 18.1 Å². The number of fused-ring (bicyclic) bond motifs is 1. The van der Waals surface area contributed by atoms with Gasteiger partial charge in [-0.25, -0.2) is 9.97 Å². The van der Waals surface area contributed by atoms with E-state index in [4.69, 9.17) is 0 Å². The van der Waals surface area contributed by atoms with Gasteiger partial charge in [-0.15, -0.1) is 0 Å². The van der Waals surface area contributed by atoms with Crippen LogP contribution in [0.4, 0.5) is 11.6 Å². The molecular formula is C22H22N4O3. The fourth-order valence-corrected chi connectivity index (χ4v) is 3.69. The maximum absolute atomic E-state index is 13.2. The number of aromatic hydroxyl groups is 2. The Bertz CT molecular complexity index is 1080. The molecule has 0 spiro atoms. The molecule has 29 heavy (non-hydrogen) atoms. The molecule has 0 aliphatic carbocycles. The quantitative estimate of drug-likeness (QED) is 0.632. The van der Waals surface area contributed by atoms with Crippen molar-refractivity contribution in [3.8, 4) is 22.8 Å². The maximum Gasteiger partial charge on any atom is 0.262 e. The van der Waals surface area contributed by atoms with Crippen LogP contribution in [0.5, 0.6) is 11.5 Å². The zero-order valence-corrected chi connectivity index (χ0v) is 16.3. The molecule has 1 aliphatic heterocycles. The largest absolute Gasteiger partial charge is 0.508 e. The Balaban J connectivity index is 1.73. The highest BCUT2D eigenvalue weighted by Gasteiger charge is 2.30. The first-order valence-corrected chi connectivity index (χ1v) is 9.47. The van der Waals surface area contributed by atoms with Crippen LogP contribution in [0.2, 0.25) is 0 Å². The molecule has 4 rings (SSSR count). The van der Waals surface area contributed by atoms with Crippen molar-refractivity contribution in [2.75, 3.05) is 17.3 Å². The summed E-state index contributed by atoms with van der Waals surface area (Å²) in [7, 11) is 1.77. The number of hydrogen-bond acceptors (Lipinski definition) is 6. The number of hydrogen-bond donors (Lipinski definition) is 3. The standard InChI is InChI=1S/C22H22N4O3/c1-13-3-4-15-11-14(18-9-10-24-22(23-2)25-18)5-8-19(15)26(13)21(29)17-7-6-16(27)12-20(17)28/h5-13,27-28H,3-4H2,1-2H3,(H,23,24,25)/t13-/m0/s1. The second-order valence-electron chi connectivity index (χ2n) is 7.12. The molecule has 148 valence electrons. The van der Waals surface area contributed by atoms with Crippen LogP contribution in [0, 0.1) is 0 Å². The van der Waals surface area contributed by atoms with E-state index in [9.17, 15) is 15.0 Å². The van der Waals surface area contributed by atoms with Crippen molar-refractivity contribution < 1.29 is 15.0 Å². The first-order valence-electron chi connectivity index (χ1n) is 9.47. The zero-order valence-electron chi connectivity index (χ0n) is 16.3. The highest BCUT2D eigenvalue weighted by atomic mass is 16.3. The van der Waals surface area contributed by atoms with E-state index >= 15 is 0 Å². The van der Waals surface area contributed by atoms with Gasteiger partial charge in [-0.2, -0.15) is 0 Å². The number of amides is 1. The zero-order chi connectivity index (χ0) is 20.5. The van der Waals surface area contributed by atoms with Crippen molar-refractivity contribution >= 4 is 17.5 Å².